The topological polar surface area (TPSA) is 116 Å². The smallest absolute Gasteiger partial charge is 0.410 e. The van der Waals surface area contributed by atoms with E-state index in [4.69, 9.17) is 9.47 Å². The highest BCUT2D eigenvalue weighted by Crippen LogP contribution is 2.39. The predicted octanol–water partition coefficient (Wildman–Crippen LogP) is 3.27. The highest BCUT2D eigenvalue weighted by molar-refractivity contribution is 5.96. The van der Waals surface area contributed by atoms with Crippen molar-refractivity contribution in [1.29, 1.82) is 0 Å². The lowest BCUT2D eigenvalue weighted by Gasteiger charge is -2.42. The lowest BCUT2D eigenvalue weighted by atomic mass is 9.74. The molecule has 1 aromatic carbocycles. The number of ether oxygens (including phenoxy) is 2. The number of anilines is 2. The zero-order valence-corrected chi connectivity index (χ0v) is 22.9. The molecule has 11 heteroatoms. The maximum Gasteiger partial charge on any atom is 0.414 e. The van der Waals surface area contributed by atoms with Crippen molar-refractivity contribution in [3.8, 4) is 5.75 Å². The standard InChI is InChI=1S/C28H37N7O4/c1-20-18-29-24-23(20)25(31-19-30-24)35-11-8-28(9-12-35,7-10-34-13-15-38-16-14-34)26(36)32-21-5-4-6-22(17-21)39-27(37)33(2)3/h4-6,17-19H,7-16H2,1-3H3,(H,32,36)(H,29,30,31). The molecule has 2 saturated heterocycles. The minimum Gasteiger partial charge on any atom is -0.410 e. The van der Waals surface area contributed by atoms with E-state index in [0.29, 0.717) is 37.4 Å². The molecule has 2 aliphatic heterocycles. The fraction of sp³-hybridized carbons (Fsp3) is 0.500. The maximum absolute atomic E-state index is 14.0. The second kappa shape index (κ2) is 11.6. The van der Waals surface area contributed by atoms with E-state index < -0.39 is 11.5 Å². The predicted molar refractivity (Wildman–Crippen MR) is 149 cm³/mol. The zero-order chi connectivity index (χ0) is 27.4. The van der Waals surface area contributed by atoms with Gasteiger partial charge in [-0.25, -0.2) is 14.8 Å². The number of carbonyl (C=O) groups is 2. The molecule has 2 amide bonds. The summed E-state index contributed by atoms with van der Waals surface area (Å²) in [5.74, 6) is 1.30. The number of aromatic nitrogens is 3. The summed E-state index contributed by atoms with van der Waals surface area (Å²) >= 11 is 0. The Morgan fingerprint density at radius 1 is 1.15 bits per heavy atom. The zero-order valence-electron chi connectivity index (χ0n) is 22.9. The first-order valence-electron chi connectivity index (χ1n) is 13.5. The summed E-state index contributed by atoms with van der Waals surface area (Å²) in [5, 5.41) is 4.17. The van der Waals surface area contributed by atoms with Crippen molar-refractivity contribution in [2.75, 3.05) is 70.2 Å². The van der Waals surface area contributed by atoms with Crippen molar-refractivity contribution in [3.63, 3.8) is 0 Å². The van der Waals surface area contributed by atoms with Gasteiger partial charge in [0.1, 0.15) is 23.5 Å². The number of hydrogen-bond donors (Lipinski definition) is 2. The van der Waals surface area contributed by atoms with Crippen molar-refractivity contribution in [2.45, 2.75) is 26.2 Å². The van der Waals surface area contributed by atoms with Crippen LogP contribution in [0.25, 0.3) is 11.0 Å². The molecule has 0 unspecified atom stereocenters. The molecule has 0 bridgehead atoms. The van der Waals surface area contributed by atoms with Gasteiger partial charge in [0, 0.05) is 58.2 Å². The van der Waals surface area contributed by atoms with E-state index in [-0.39, 0.29) is 5.91 Å². The number of hydrogen-bond acceptors (Lipinski definition) is 8. The Hall–Kier alpha value is -3.70. The molecule has 5 rings (SSSR count). The summed E-state index contributed by atoms with van der Waals surface area (Å²) in [4.78, 5) is 44.2. The van der Waals surface area contributed by atoms with Crippen LogP contribution in [-0.2, 0) is 9.53 Å². The van der Waals surface area contributed by atoms with Gasteiger partial charge in [-0.1, -0.05) is 6.07 Å². The van der Waals surface area contributed by atoms with Crippen molar-refractivity contribution < 1.29 is 19.1 Å². The molecule has 2 N–H and O–H groups in total. The number of morpholine rings is 1. The molecule has 0 atom stereocenters. The normalized spacial score (nSPS) is 17.7. The number of nitrogens with zero attached hydrogens (tertiary/aromatic N) is 5. The van der Waals surface area contributed by atoms with Gasteiger partial charge in [0.2, 0.25) is 5.91 Å². The van der Waals surface area contributed by atoms with Crippen molar-refractivity contribution in [1.82, 2.24) is 24.8 Å². The number of amides is 2. The van der Waals surface area contributed by atoms with E-state index in [0.717, 1.165) is 61.7 Å². The Morgan fingerprint density at radius 3 is 2.67 bits per heavy atom. The second-order valence-electron chi connectivity index (χ2n) is 10.6. The molecule has 2 fully saturated rings. The Bertz CT molecular complexity index is 1310. The Labute approximate surface area is 228 Å². The van der Waals surface area contributed by atoms with Gasteiger partial charge >= 0.3 is 6.09 Å². The molecule has 39 heavy (non-hydrogen) atoms. The number of carbonyl (C=O) groups excluding carboxylic acids is 2. The van der Waals surface area contributed by atoms with Crippen LogP contribution in [0.5, 0.6) is 5.75 Å². The van der Waals surface area contributed by atoms with E-state index in [1.54, 1.807) is 38.6 Å². The van der Waals surface area contributed by atoms with Crippen molar-refractivity contribution in [2.24, 2.45) is 5.41 Å². The molecule has 0 spiro atoms. The lowest BCUT2D eigenvalue weighted by molar-refractivity contribution is -0.127. The van der Waals surface area contributed by atoms with Gasteiger partial charge in [0.15, 0.2) is 0 Å². The van der Waals surface area contributed by atoms with Gasteiger partial charge < -0.3 is 29.6 Å². The number of H-pyrrole nitrogens is 1. The molecule has 11 nitrogen and oxygen atoms in total. The molecule has 3 aromatic rings. The molecule has 0 saturated carbocycles. The number of fused-ring (bicyclic) bond motifs is 1. The minimum absolute atomic E-state index is 0.00263. The Kier molecular flexibility index (Phi) is 7.99. The Morgan fingerprint density at radius 2 is 1.92 bits per heavy atom. The molecule has 2 aromatic heterocycles. The summed E-state index contributed by atoms with van der Waals surface area (Å²) in [7, 11) is 3.25. The van der Waals surface area contributed by atoms with E-state index >= 15 is 0 Å². The summed E-state index contributed by atoms with van der Waals surface area (Å²) in [6, 6.07) is 6.99. The van der Waals surface area contributed by atoms with Crippen LogP contribution >= 0.6 is 0 Å². The summed E-state index contributed by atoms with van der Waals surface area (Å²) < 4.78 is 10.9. The number of aryl methyl sites for hydroxylation is 1. The summed E-state index contributed by atoms with van der Waals surface area (Å²) in [6.45, 7) is 7.55. The number of rotatable bonds is 7. The molecular formula is C28H37N7O4. The van der Waals surface area contributed by atoms with Crippen LogP contribution in [0, 0.1) is 12.3 Å². The van der Waals surface area contributed by atoms with E-state index in [1.807, 2.05) is 12.3 Å². The minimum atomic E-state index is -0.537. The summed E-state index contributed by atoms with van der Waals surface area (Å²) in [6.07, 6.45) is 5.24. The third kappa shape index (κ3) is 5.99. The second-order valence-corrected chi connectivity index (χ2v) is 10.6. The molecule has 208 valence electrons. The highest BCUT2D eigenvalue weighted by atomic mass is 16.6. The summed E-state index contributed by atoms with van der Waals surface area (Å²) in [5.41, 5.74) is 2.01. The number of benzene rings is 1. The lowest BCUT2D eigenvalue weighted by Crippen LogP contribution is -2.49. The van der Waals surface area contributed by atoms with Crippen LogP contribution in [0.15, 0.2) is 36.8 Å². The van der Waals surface area contributed by atoms with Gasteiger partial charge in [-0.15, -0.1) is 0 Å². The number of aromatic amines is 1. The fourth-order valence-electron chi connectivity index (χ4n) is 5.36. The molecule has 2 aliphatic rings. The van der Waals surface area contributed by atoms with E-state index in [2.05, 4.69) is 37.0 Å². The first-order chi connectivity index (χ1) is 18.8. The molecule has 0 aliphatic carbocycles. The Balaban J connectivity index is 1.33. The van der Waals surface area contributed by atoms with Crippen LogP contribution < -0.4 is 15.0 Å². The average Bonchev–Trinajstić information content (AvgIpc) is 3.34. The van der Waals surface area contributed by atoms with Crippen molar-refractivity contribution in [3.05, 3.63) is 42.4 Å². The SMILES string of the molecule is Cc1c[nH]c2ncnc(N3CCC(CCN4CCOCC4)(C(=O)Nc4cccc(OC(=O)N(C)C)c4)CC3)c12. The monoisotopic (exact) mass is 535 g/mol. The van der Waals surface area contributed by atoms with Gasteiger partial charge in [-0.2, -0.15) is 0 Å². The molecule has 4 heterocycles. The third-order valence-electron chi connectivity index (χ3n) is 7.82. The highest BCUT2D eigenvalue weighted by Gasteiger charge is 2.42. The average molecular weight is 536 g/mol. The van der Waals surface area contributed by atoms with E-state index in [9.17, 15) is 9.59 Å². The van der Waals surface area contributed by atoms with Crippen LogP contribution in [0.3, 0.4) is 0 Å². The largest absolute Gasteiger partial charge is 0.414 e. The van der Waals surface area contributed by atoms with Crippen LogP contribution in [0.1, 0.15) is 24.8 Å². The fourth-order valence-corrected chi connectivity index (χ4v) is 5.36. The van der Waals surface area contributed by atoms with Crippen LogP contribution in [0.4, 0.5) is 16.3 Å². The van der Waals surface area contributed by atoms with Crippen molar-refractivity contribution >= 4 is 34.5 Å². The van der Waals surface area contributed by atoms with E-state index in [1.165, 1.54) is 4.90 Å². The van der Waals surface area contributed by atoms with Gasteiger partial charge in [-0.05, 0) is 50.4 Å². The number of piperidine rings is 1. The molecular weight excluding hydrogens is 498 g/mol. The quantitative estimate of drug-likeness (QED) is 0.474. The first-order valence-corrected chi connectivity index (χ1v) is 13.5. The van der Waals surface area contributed by atoms with Gasteiger partial charge in [0.05, 0.1) is 24.0 Å². The number of nitrogens with one attached hydrogen (secondary N) is 2. The van der Waals surface area contributed by atoms with Gasteiger partial charge in [-0.3, -0.25) is 9.69 Å². The van der Waals surface area contributed by atoms with Crippen LogP contribution in [0.2, 0.25) is 0 Å². The third-order valence-corrected chi connectivity index (χ3v) is 7.82. The first kappa shape index (κ1) is 26.9. The maximum atomic E-state index is 14.0. The van der Waals surface area contributed by atoms with Crippen LogP contribution in [-0.4, -0.2) is 96.8 Å². The molecule has 0 radical (unpaired) electrons. The van der Waals surface area contributed by atoms with Gasteiger partial charge in [0.25, 0.3) is 0 Å².